The van der Waals surface area contributed by atoms with Gasteiger partial charge in [-0.3, -0.25) is 4.79 Å². The molecule has 3 N–H and O–H groups in total. The summed E-state index contributed by atoms with van der Waals surface area (Å²) in [7, 11) is 0. The summed E-state index contributed by atoms with van der Waals surface area (Å²) >= 11 is 3.35. The molecule has 0 bridgehead atoms. The van der Waals surface area contributed by atoms with Crippen LogP contribution in [0.5, 0.6) is 0 Å². The summed E-state index contributed by atoms with van der Waals surface area (Å²) in [6.07, 6.45) is 1.49. The number of ether oxygens (including phenoxy) is 1. The zero-order valence-corrected chi connectivity index (χ0v) is 16.7. The molecule has 0 aliphatic carbocycles. The molecule has 2 heterocycles. The summed E-state index contributed by atoms with van der Waals surface area (Å²) in [5.74, 6) is -0.757. The fourth-order valence-corrected chi connectivity index (χ4v) is 3.05. The van der Waals surface area contributed by atoms with Crippen LogP contribution in [0, 0.1) is 0 Å². The van der Waals surface area contributed by atoms with Crippen LogP contribution in [-0.2, 0) is 9.53 Å². The summed E-state index contributed by atoms with van der Waals surface area (Å²) in [5.41, 5.74) is 7.32. The molecule has 144 valence electrons. The van der Waals surface area contributed by atoms with Crippen LogP contribution in [0.1, 0.15) is 30.0 Å². The number of nitrogens with two attached hydrogens (primary N) is 1. The van der Waals surface area contributed by atoms with E-state index in [0.29, 0.717) is 28.2 Å². The average Bonchev–Trinajstić information content (AvgIpc) is 3.12. The monoisotopic (exact) mass is 444 g/mol. The summed E-state index contributed by atoms with van der Waals surface area (Å²) in [5, 5.41) is 9.55. The Morgan fingerprint density at radius 2 is 2.11 bits per heavy atom. The molecule has 0 atom stereocenters. The molecule has 0 fully saturated rings. The Kier molecular flexibility index (Phi) is 5.51. The Balaban J connectivity index is 2.00. The van der Waals surface area contributed by atoms with Crippen LogP contribution in [0.15, 0.2) is 61.1 Å². The number of carbonyl (C=O) groups excluding carboxylic acids is 2. The maximum Gasteiger partial charge on any atom is 0.338 e. The molecule has 8 heteroatoms. The molecule has 1 amide bonds. The molecule has 0 saturated carbocycles. The number of nitrogens with zero attached hydrogens (tertiary/aromatic N) is 1. The minimum atomic E-state index is -0.613. The van der Waals surface area contributed by atoms with Crippen LogP contribution in [0.2, 0.25) is 0 Å². The van der Waals surface area contributed by atoms with Gasteiger partial charge in [0.25, 0.3) is 5.91 Å². The van der Waals surface area contributed by atoms with Crippen molar-refractivity contribution in [2.24, 2.45) is 10.7 Å². The number of aliphatic hydroxyl groups is 1. The molecule has 1 aromatic heterocycles. The Morgan fingerprint density at radius 1 is 1.36 bits per heavy atom. The number of carbonyl (C=O) groups is 2. The normalized spacial score (nSPS) is 15.8. The van der Waals surface area contributed by atoms with Gasteiger partial charge in [0, 0.05) is 10.0 Å². The van der Waals surface area contributed by atoms with Crippen molar-refractivity contribution >= 4 is 39.8 Å². The van der Waals surface area contributed by atoms with E-state index in [0.717, 1.165) is 4.47 Å². The van der Waals surface area contributed by atoms with E-state index in [4.69, 9.17) is 14.9 Å². The largest absolute Gasteiger partial charge is 0.492 e. The predicted molar refractivity (Wildman–Crippen MR) is 108 cm³/mol. The molecule has 28 heavy (non-hydrogen) atoms. The first kappa shape index (κ1) is 19.6. The molecule has 0 unspecified atom stereocenters. The highest BCUT2D eigenvalue weighted by molar-refractivity contribution is 9.10. The minimum absolute atomic E-state index is 0.0372. The number of aliphatic hydroxyl groups excluding tert-OH is 1. The highest BCUT2D eigenvalue weighted by Crippen LogP contribution is 2.30. The van der Waals surface area contributed by atoms with E-state index < -0.39 is 17.8 Å². The van der Waals surface area contributed by atoms with Gasteiger partial charge in [0.15, 0.2) is 0 Å². The first-order valence-corrected chi connectivity index (χ1v) is 9.18. The third-order valence-electron chi connectivity index (χ3n) is 4.14. The van der Waals surface area contributed by atoms with E-state index >= 15 is 0 Å². The van der Waals surface area contributed by atoms with Crippen LogP contribution in [0.3, 0.4) is 0 Å². The van der Waals surface area contributed by atoms with Gasteiger partial charge in [-0.05, 0) is 55.8 Å². The predicted octanol–water partition coefficient (Wildman–Crippen LogP) is 4.00. The van der Waals surface area contributed by atoms with E-state index in [1.54, 1.807) is 44.2 Å². The summed E-state index contributed by atoms with van der Waals surface area (Å²) in [6, 6.07) is 8.53. The van der Waals surface area contributed by atoms with Crippen LogP contribution >= 0.6 is 15.9 Å². The van der Waals surface area contributed by atoms with Gasteiger partial charge >= 0.3 is 5.97 Å². The number of hydrogen-bond donors (Lipinski definition) is 2. The van der Waals surface area contributed by atoms with Crippen LogP contribution in [0.4, 0.5) is 0 Å². The Hall–Kier alpha value is -3.13. The van der Waals surface area contributed by atoms with Crippen molar-refractivity contribution in [3.05, 3.63) is 63.0 Å². The molecule has 0 saturated heterocycles. The highest BCUT2D eigenvalue weighted by atomic mass is 79.9. The maximum absolute atomic E-state index is 12.3. The number of amides is 1. The van der Waals surface area contributed by atoms with Crippen LogP contribution in [0.25, 0.3) is 17.4 Å². The zero-order valence-electron chi connectivity index (χ0n) is 15.2. The average molecular weight is 445 g/mol. The minimum Gasteiger partial charge on any atom is -0.492 e. The lowest BCUT2D eigenvalue weighted by Gasteiger charge is -2.12. The number of esters is 1. The number of furan rings is 1. The summed E-state index contributed by atoms with van der Waals surface area (Å²) in [6.45, 7) is 3.60. The van der Waals surface area contributed by atoms with Crippen molar-refractivity contribution in [3.8, 4) is 11.3 Å². The smallest absolute Gasteiger partial charge is 0.338 e. The van der Waals surface area contributed by atoms with Gasteiger partial charge in [0.1, 0.15) is 11.5 Å². The van der Waals surface area contributed by atoms with Crippen molar-refractivity contribution in [1.29, 1.82) is 0 Å². The Bertz CT molecular complexity index is 1060. The molecule has 1 aliphatic heterocycles. The maximum atomic E-state index is 12.3. The molecule has 7 nitrogen and oxygen atoms in total. The van der Waals surface area contributed by atoms with Crippen molar-refractivity contribution in [3.63, 3.8) is 0 Å². The number of aliphatic imine (C=N–C) groups is 1. The van der Waals surface area contributed by atoms with E-state index in [1.165, 1.54) is 6.08 Å². The molecule has 1 aliphatic rings. The number of rotatable bonds is 4. The lowest BCUT2D eigenvalue weighted by atomic mass is 10.0. The Labute approximate surface area is 169 Å². The number of benzene rings is 1. The first-order valence-electron chi connectivity index (χ1n) is 8.39. The third kappa shape index (κ3) is 3.77. The van der Waals surface area contributed by atoms with Crippen molar-refractivity contribution in [1.82, 2.24) is 0 Å². The topological polar surface area (TPSA) is 115 Å². The first-order chi connectivity index (χ1) is 13.3. The van der Waals surface area contributed by atoms with Gasteiger partial charge in [-0.1, -0.05) is 15.9 Å². The molecule has 3 rings (SSSR count). The fourth-order valence-electron chi connectivity index (χ4n) is 2.69. The Morgan fingerprint density at radius 3 is 2.82 bits per heavy atom. The third-order valence-corrected chi connectivity index (χ3v) is 4.64. The second-order valence-electron chi connectivity index (χ2n) is 5.95. The number of hydrogen-bond acceptors (Lipinski definition) is 5. The van der Waals surface area contributed by atoms with Gasteiger partial charge in [0.05, 0.1) is 23.4 Å². The quantitative estimate of drug-likeness (QED) is 0.543. The standard InChI is InChI=1S/C20H17BrN2O5/c1-3-27-20(26)15-8-11(21)4-6-13(15)16-7-5-12(28-16)9-14-10(2)17(22)19(25)23-18(14)24/h4-9H,3,22H2,1-2H3,(H,23,24,25)/b14-9-. The fraction of sp³-hybridized carbons (Fsp3) is 0.150. The molecular weight excluding hydrogens is 428 g/mol. The lowest BCUT2D eigenvalue weighted by molar-refractivity contribution is -0.114. The van der Waals surface area contributed by atoms with E-state index in [1.807, 2.05) is 0 Å². The molecule has 2 aromatic rings. The summed E-state index contributed by atoms with van der Waals surface area (Å²) in [4.78, 5) is 27.8. The van der Waals surface area contributed by atoms with Gasteiger partial charge in [-0.15, -0.1) is 0 Å². The summed E-state index contributed by atoms with van der Waals surface area (Å²) < 4.78 is 11.7. The van der Waals surface area contributed by atoms with Gasteiger partial charge in [-0.25, -0.2) is 4.79 Å². The second-order valence-corrected chi connectivity index (χ2v) is 6.87. The zero-order chi connectivity index (χ0) is 20.4. The van der Waals surface area contributed by atoms with Crippen LogP contribution < -0.4 is 5.73 Å². The SMILES string of the molecule is CCOC(=O)c1cc(Br)ccc1-c1ccc(/C=C2\C(=O)N=C(O)C(N)=C2C)o1. The molecular formula is C20H17BrN2O5. The van der Waals surface area contributed by atoms with E-state index in [-0.39, 0.29) is 17.9 Å². The van der Waals surface area contributed by atoms with Crippen molar-refractivity contribution in [2.45, 2.75) is 13.8 Å². The molecule has 0 radical (unpaired) electrons. The van der Waals surface area contributed by atoms with Crippen LogP contribution in [-0.4, -0.2) is 29.5 Å². The van der Waals surface area contributed by atoms with E-state index in [9.17, 15) is 14.7 Å². The highest BCUT2D eigenvalue weighted by Gasteiger charge is 2.23. The number of halogens is 1. The number of dihydropyridines is 1. The lowest BCUT2D eigenvalue weighted by Crippen LogP contribution is -2.22. The van der Waals surface area contributed by atoms with E-state index in [2.05, 4.69) is 20.9 Å². The van der Waals surface area contributed by atoms with Gasteiger partial charge < -0.3 is 20.0 Å². The molecule has 0 spiro atoms. The van der Waals surface area contributed by atoms with Crippen molar-refractivity contribution < 1.29 is 23.8 Å². The van der Waals surface area contributed by atoms with Gasteiger partial charge in [0.2, 0.25) is 5.90 Å². The molecule has 1 aromatic carbocycles. The van der Waals surface area contributed by atoms with Crippen molar-refractivity contribution in [2.75, 3.05) is 6.61 Å². The van der Waals surface area contributed by atoms with Gasteiger partial charge in [-0.2, -0.15) is 4.99 Å². The second kappa shape index (κ2) is 7.85.